The molecule has 0 amide bonds. The van der Waals surface area contributed by atoms with E-state index in [-0.39, 0.29) is 4.88 Å². The van der Waals surface area contributed by atoms with E-state index < -0.39 is 27.6 Å². The van der Waals surface area contributed by atoms with Gasteiger partial charge < -0.3 is 11.5 Å². The van der Waals surface area contributed by atoms with Crippen molar-refractivity contribution in [2.24, 2.45) is 16.6 Å². The van der Waals surface area contributed by atoms with Crippen LogP contribution in [0.1, 0.15) is 9.67 Å². The predicted octanol–water partition coefficient (Wildman–Crippen LogP) is 3.59. The molecule has 0 aliphatic carbocycles. The van der Waals surface area contributed by atoms with Crippen molar-refractivity contribution in [2.75, 3.05) is 5.75 Å². The van der Waals surface area contributed by atoms with Gasteiger partial charge in [-0.05, 0) is 46.6 Å². The highest BCUT2D eigenvalue weighted by Gasteiger charge is 2.22. The van der Waals surface area contributed by atoms with Crippen LogP contribution in [-0.4, -0.2) is 25.9 Å². The molecule has 0 atom stereocenters. The Balaban J connectivity index is 1.97. The Hall–Kier alpha value is -2.33. The number of thiophene rings is 1. The van der Waals surface area contributed by atoms with Crippen molar-refractivity contribution in [1.82, 2.24) is 0 Å². The Morgan fingerprint density at radius 2 is 1.79 bits per heavy atom. The Morgan fingerprint density at radius 1 is 1.11 bits per heavy atom. The summed E-state index contributed by atoms with van der Waals surface area (Å²) in [5.41, 5.74) is 11.6. The lowest BCUT2D eigenvalue weighted by molar-refractivity contribution is 0.102. The molecule has 0 spiro atoms. The molecule has 0 radical (unpaired) electrons. The zero-order valence-electron chi connectivity index (χ0n) is 14.1. The van der Waals surface area contributed by atoms with E-state index in [9.17, 15) is 13.2 Å². The topological polar surface area (TPSA) is 125 Å². The molecule has 0 fully saturated rings. The minimum atomic E-state index is -4.26. The van der Waals surface area contributed by atoms with Gasteiger partial charge in [0.05, 0.1) is 4.88 Å². The molecule has 1 heterocycles. The molecule has 4 N–H and O–H groups in total. The molecule has 7 nitrogen and oxygen atoms in total. The van der Waals surface area contributed by atoms with Crippen LogP contribution in [-0.2, 0) is 14.4 Å². The first-order valence-corrected chi connectivity index (χ1v) is 10.8. The number of oxime groups is 1. The molecule has 28 heavy (non-hydrogen) atoms. The average Bonchev–Trinajstić information content (AvgIpc) is 3.03. The Labute approximate surface area is 174 Å². The zero-order valence-corrected chi connectivity index (χ0v) is 17.2. The summed E-state index contributed by atoms with van der Waals surface area (Å²) in [5, 5.41) is 4.70. The van der Waals surface area contributed by atoms with Gasteiger partial charge in [-0.25, -0.2) is 0 Å². The van der Waals surface area contributed by atoms with Crippen molar-refractivity contribution in [2.45, 2.75) is 0 Å². The molecule has 11 heteroatoms. The number of fused-ring (bicyclic) bond motifs is 1. The molecule has 0 saturated carbocycles. The van der Waals surface area contributed by atoms with E-state index >= 15 is 0 Å². The van der Waals surface area contributed by atoms with Crippen LogP contribution in [0, 0.1) is 0 Å². The fourth-order valence-corrected chi connectivity index (χ4v) is 4.89. The number of hydrogen-bond acceptors (Lipinski definition) is 6. The molecule has 0 saturated heterocycles. The van der Waals surface area contributed by atoms with Crippen molar-refractivity contribution in [3.63, 3.8) is 0 Å². The standard InChI is InChI=1S/C17H13Cl2N3O4S2/c18-10-4-9(5-11(19)6-10)12-2-1-3-15-13(12)7-16(27-15)14(23)8-28(24,25)26-22-17(20)21/h1-7H,8H2,(H4,20,21,22). The molecular weight excluding hydrogens is 445 g/mol. The minimum absolute atomic E-state index is 0.257. The van der Waals surface area contributed by atoms with Gasteiger partial charge in [-0.2, -0.15) is 8.42 Å². The number of rotatable bonds is 6. The van der Waals surface area contributed by atoms with Crippen molar-refractivity contribution in [3.05, 3.63) is 57.4 Å². The Morgan fingerprint density at radius 3 is 2.43 bits per heavy atom. The zero-order chi connectivity index (χ0) is 20.5. The van der Waals surface area contributed by atoms with Crippen molar-refractivity contribution < 1.29 is 17.5 Å². The maximum Gasteiger partial charge on any atom is 0.336 e. The van der Waals surface area contributed by atoms with Gasteiger partial charge in [0.15, 0.2) is 11.5 Å². The highest BCUT2D eigenvalue weighted by atomic mass is 35.5. The van der Waals surface area contributed by atoms with Crippen LogP contribution in [0.3, 0.4) is 0 Å². The van der Waals surface area contributed by atoms with Gasteiger partial charge in [-0.1, -0.05) is 35.3 Å². The van der Waals surface area contributed by atoms with Crippen LogP contribution in [0.15, 0.2) is 47.6 Å². The van der Waals surface area contributed by atoms with Crippen LogP contribution in [0.25, 0.3) is 21.2 Å². The van der Waals surface area contributed by atoms with Crippen molar-refractivity contribution >= 4 is 66.5 Å². The van der Waals surface area contributed by atoms with Crippen molar-refractivity contribution in [1.29, 1.82) is 0 Å². The van der Waals surface area contributed by atoms with E-state index in [2.05, 4.69) is 9.44 Å². The second-order valence-electron chi connectivity index (χ2n) is 5.70. The normalized spacial score (nSPS) is 11.4. The number of carbonyl (C=O) groups excluding carboxylic acids is 1. The fourth-order valence-electron chi connectivity index (χ4n) is 2.52. The molecule has 3 aromatic rings. The second-order valence-corrected chi connectivity index (χ2v) is 9.21. The maximum absolute atomic E-state index is 12.4. The Bertz CT molecular complexity index is 1180. The van der Waals surface area contributed by atoms with Gasteiger partial charge >= 0.3 is 10.1 Å². The predicted molar refractivity (Wildman–Crippen MR) is 112 cm³/mol. The molecule has 0 aliphatic rings. The SMILES string of the molecule is NC(N)=NOS(=O)(=O)CC(=O)c1cc2c(-c3cc(Cl)cc(Cl)c3)cccc2s1. The van der Waals surface area contributed by atoms with Crippen LogP contribution in [0.4, 0.5) is 0 Å². The number of hydrogen-bond donors (Lipinski definition) is 2. The third-order valence-corrected chi connectivity index (χ3v) is 6.07. The first-order chi connectivity index (χ1) is 13.1. The van der Waals surface area contributed by atoms with E-state index in [4.69, 9.17) is 34.7 Å². The number of nitrogens with zero attached hydrogens (tertiary/aromatic N) is 1. The minimum Gasteiger partial charge on any atom is -0.367 e. The smallest absolute Gasteiger partial charge is 0.336 e. The summed E-state index contributed by atoms with van der Waals surface area (Å²) < 4.78 is 28.7. The summed E-state index contributed by atoms with van der Waals surface area (Å²) in [5.74, 6) is -2.10. The lowest BCUT2D eigenvalue weighted by Crippen LogP contribution is -2.24. The third kappa shape index (κ3) is 4.74. The van der Waals surface area contributed by atoms with E-state index in [1.165, 1.54) is 11.3 Å². The summed E-state index contributed by atoms with van der Waals surface area (Å²) in [4.78, 5) is 12.7. The lowest BCUT2D eigenvalue weighted by Gasteiger charge is -2.05. The molecule has 1 aromatic heterocycles. The number of benzene rings is 2. The second kappa shape index (κ2) is 7.96. The number of halogens is 2. The number of carbonyl (C=O) groups is 1. The molecule has 146 valence electrons. The Kier molecular flexibility index (Phi) is 5.80. The van der Waals surface area contributed by atoms with E-state index in [0.717, 1.165) is 21.2 Å². The van der Waals surface area contributed by atoms with Crippen LogP contribution < -0.4 is 11.5 Å². The van der Waals surface area contributed by atoms with Gasteiger partial charge in [0.2, 0.25) is 5.96 Å². The summed E-state index contributed by atoms with van der Waals surface area (Å²) >= 11 is 13.3. The molecule has 0 aliphatic heterocycles. The van der Waals surface area contributed by atoms with Gasteiger partial charge in [-0.3, -0.25) is 9.08 Å². The molecule has 0 unspecified atom stereocenters. The van der Waals surface area contributed by atoms with Gasteiger partial charge in [-0.15, -0.1) is 11.3 Å². The average molecular weight is 458 g/mol. The first kappa shape index (κ1) is 20.4. The number of Topliss-reactive ketones (excluding diaryl/α,β-unsaturated/α-hetero) is 1. The van der Waals surface area contributed by atoms with E-state index in [0.29, 0.717) is 10.0 Å². The molecule has 0 bridgehead atoms. The number of ketones is 1. The van der Waals surface area contributed by atoms with Gasteiger partial charge in [0.25, 0.3) is 0 Å². The van der Waals surface area contributed by atoms with Crippen LogP contribution in [0.2, 0.25) is 10.0 Å². The molecule has 2 aromatic carbocycles. The summed E-state index contributed by atoms with van der Waals surface area (Å²) in [6.45, 7) is 0. The van der Waals surface area contributed by atoms with E-state index in [1.54, 1.807) is 24.3 Å². The summed E-state index contributed by atoms with van der Waals surface area (Å²) in [6.07, 6.45) is 0. The summed E-state index contributed by atoms with van der Waals surface area (Å²) in [6, 6.07) is 12.3. The monoisotopic (exact) mass is 457 g/mol. The van der Waals surface area contributed by atoms with Crippen LogP contribution >= 0.6 is 34.5 Å². The largest absolute Gasteiger partial charge is 0.367 e. The first-order valence-electron chi connectivity index (χ1n) is 7.67. The molecule has 3 rings (SSSR count). The maximum atomic E-state index is 12.4. The van der Waals surface area contributed by atoms with Crippen LogP contribution in [0.5, 0.6) is 0 Å². The van der Waals surface area contributed by atoms with E-state index in [1.807, 2.05) is 18.2 Å². The highest BCUT2D eigenvalue weighted by molar-refractivity contribution is 7.87. The quantitative estimate of drug-likeness (QED) is 0.252. The van der Waals surface area contributed by atoms with Crippen molar-refractivity contribution in [3.8, 4) is 11.1 Å². The van der Waals surface area contributed by atoms with Gasteiger partial charge in [0.1, 0.15) is 0 Å². The highest BCUT2D eigenvalue weighted by Crippen LogP contribution is 2.36. The fraction of sp³-hybridized carbons (Fsp3) is 0.0588. The van der Waals surface area contributed by atoms with Gasteiger partial charge in [0, 0.05) is 20.1 Å². The lowest BCUT2D eigenvalue weighted by atomic mass is 10.0. The number of guanidine groups is 1. The number of nitrogens with two attached hydrogens (primary N) is 2. The summed E-state index contributed by atoms with van der Waals surface area (Å²) in [7, 11) is -4.26. The molecular formula is C17H13Cl2N3O4S2. The third-order valence-electron chi connectivity index (χ3n) is 3.57.